The molecule has 0 saturated carbocycles. The molecule has 0 aliphatic carbocycles. The Kier molecular flexibility index (Phi) is 6.27. The first-order valence-corrected chi connectivity index (χ1v) is 9.06. The van der Waals surface area contributed by atoms with Gasteiger partial charge < -0.3 is 5.73 Å². The molecular formula is C18H29BrN2. The number of piperidine rings is 1. The quantitative estimate of drug-likeness (QED) is 0.830. The van der Waals surface area contributed by atoms with Crippen LogP contribution in [0.5, 0.6) is 0 Å². The smallest absolute Gasteiger partial charge is 0.0343 e. The molecule has 1 atom stereocenters. The number of rotatable bonds is 6. The molecule has 0 spiro atoms. The summed E-state index contributed by atoms with van der Waals surface area (Å²) >= 11 is 3.50. The van der Waals surface area contributed by atoms with Crippen molar-refractivity contribution in [2.45, 2.75) is 51.5 Å². The van der Waals surface area contributed by atoms with Crippen LogP contribution in [0.1, 0.15) is 45.1 Å². The van der Waals surface area contributed by atoms with Gasteiger partial charge in [-0.2, -0.15) is 0 Å². The average Bonchev–Trinajstić information content (AvgIpc) is 2.50. The Morgan fingerprint density at radius 2 is 1.86 bits per heavy atom. The molecule has 0 radical (unpaired) electrons. The molecular weight excluding hydrogens is 324 g/mol. The van der Waals surface area contributed by atoms with Crippen LogP contribution in [0, 0.1) is 5.92 Å². The lowest BCUT2D eigenvalue weighted by Crippen LogP contribution is -2.55. The number of hydrogen-bond donors (Lipinski definition) is 1. The van der Waals surface area contributed by atoms with Crippen LogP contribution in [0.3, 0.4) is 0 Å². The predicted octanol–water partition coefficient (Wildman–Crippen LogP) is 4.22. The van der Waals surface area contributed by atoms with Gasteiger partial charge in [0.2, 0.25) is 0 Å². The van der Waals surface area contributed by atoms with E-state index in [2.05, 4.69) is 58.9 Å². The fourth-order valence-electron chi connectivity index (χ4n) is 3.52. The van der Waals surface area contributed by atoms with E-state index >= 15 is 0 Å². The minimum atomic E-state index is 0.0883. The molecule has 2 nitrogen and oxygen atoms in total. The highest BCUT2D eigenvalue weighted by molar-refractivity contribution is 9.10. The molecule has 1 aromatic rings. The van der Waals surface area contributed by atoms with Gasteiger partial charge in [0.15, 0.2) is 0 Å². The molecule has 0 bridgehead atoms. The van der Waals surface area contributed by atoms with Crippen LogP contribution >= 0.6 is 15.9 Å². The first kappa shape index (κ1) is 17.0. The minimum absolute atomic E-state index is 0.0883. The topological polar surface area (TPSA) is 29.3 Å². The number of halogens is 1. The highest BCUT2D eigenvalue weighted by atomic mass is 79.9. The summed E-state index contributed by atoms with van der Waals surface area (Å²) in [7, 11) is 0. The normalized spacial score (nSPS) is 20.4. The number of nitrogens with two attached hydrogens (primary N) is 1. The maximum atomic E-state index is 6.16. The van der Waals surface area contributed by atoms with Crippen molar-refractivity contribution in [2.24, 2.45) is 11.7 Å². The van der Waals surface area contributed by atoms with Crippen molar-refractivity contribution in [3.05, 3.63) is 34.3 Å². The zero-order chi connectivity index (χ0) is 15.3. The van der Waals surface area contributed by atoms with Gasteiger partial charge in [-0.15, -0.1) is 0 Å². The fraction of sp³-hybridized carbons (Fsp3) is 0.667. The van der Waals surface area contributed by atoms with Gasteiger partial charge >= 0.3 is 0 Å². The summed E-state index contributed by atoms with van der Waals surface area (Å²) in [5, 5.41) is 0. The molecule has 1 aliphatic rings. The lowest BCUT2D eigenvalue weighted by atomic mass is 9.85. The lowest BCUT2D eigenvalue weighted by molar-refractivity contribution is 0.0655. The Balaban J connectivity index is 1.99. The SMILES string of the molecule is CCCC1CCN(C(C)(CN)Cc2ccc(Br)cc2)CC1. The largest absolute Gasteiger partial charge is 0.329 e. The second-order valence-corrected chi connectivity index (χ2v) is 7.64. The fourth-order valence-corrected chi connectivity index (χ4v) is 3.79. The molecule has 1 fully saturated rings. The van der Waals surface area contributed by atoms with E-state index in [1.54, 1.807) is 0 Å². The molecule has 2 rings (SSSR count). The Hall–Kier alpha value is -0.380. The zero-order valence-corrected chi connectivity index (χ0v) is 15.0. The summed E-state index contributed by atoms with van der Waals surface area (Å²) in [5.74, 6) is 0.931. The van der Waals surface area contributed by atoms with Crippen molar-refractivity contribution >= 4 is 15.9 Å². The Morgan fingerprint density at radius 1 is 1.24 bits per heavy atom. The molecule has 1 heterocycles. The average molecular weight is 353 g/mol. The molecule has 0 amide bonds. The first-order chi connectivity index (χ1) is 10.1. The summed E-state index contributed by atoms with van der Waals surface area (Å²) in [5.41, 5.74) is 7.62. The van der Waals surface area contributed by atoms with E-state index in [1.165, 1.54) is 44.3 Å². The van der Waals surface area contributed by atoms with E-state index in [9.17, 15) is 0 Å². The van der Waals surface area contributed by atoms with Gasteiger partial charge in [0, 0.05) is 16.6 Å². The molecule has 1 aromatic carbocycles. The van der Waals surface area contributed by atoms with Crippen LogP contribution in [0.25, 0.3) is 0 Å². The standard InChI is InChI=1S/C18H29BrN2/c1-3-4-15-9-11-21(12-10-15)18(2,14-20)13-16-5-7-17(19)8-6-16/h5-8,15H,3-4,9-14,20H2,1-2H3. The van der Waals surface area contributed by atoms with Crippen LogP contribution in [0.15, 0.2) is 28.7 Å². The van der Waals surface area contributed by atoms with E-state index in [4.69, 9.17) is 5.73 Å². The van der Waals surface area contributed by atoms with Gasteiger partial charge in [0.05, 0.1) is 0 Å². The van der Waals surface area contributed by atoms with Crippen LogP contribution in [0.2, 0.25) is 0 Å². The predicted molar refractivity (Wildman–Crippen MR) is 94.5 cm³/mol. The van der Waals surface area contributed by atoms with E-state index < -0.39 is 0 Å². The Morgan fingerprint density at radius 3 is 2.38 bits per heavy atom. The van der Waals surface area contributed by atoms with Crippen molar-refractivity contribution in [3.8, 4) is 0 Å². The molecule has 3 heteroatoms. The Labute approximate surface area is 138 Å². The van der Waals surface area contributed by atoms with E-state index in [1.807, 2.05) is 0 Å². The van der Waals surface area contributed by atoms with Crippen molar-refractivity contribution in [1.29, 1.82) is 0 Å². The van der Waals surface area contributed by atoms with Crippen molar-refractivity contribution in [2.75, 3.05) is 19.6 Å². The van der Waals surface area contributed by atoms with E-state index in [0.29, 0.717) is 0 Å². The summed E-state index contributed by atoms with van der Waals surface area (Å²) in [4.78, 5) is 2.63. The number of benzene rings is 1. The third-order valence-corrected chi connectivity index (χ3v) is 5.54. The van der Waals surface area contributed by atoms with Gasteiger partial charge in [-0.25, -0.2) is 0 Å². The molecule has 0 aromatic heterocycles. The van der Waals surface area contributed by atoms with Crippen molar-refractivity contribution in [1.82, 2.24) is 4.90 Å². The molecule has 118 valence electrons. The third kappa shape index (κ3) is 4.54. The van der Waals surface area contributed by atoms with Gasteiger partial charge in [0.25, 0.3) is 0 Å². The lowest BCUT2D eigenvalue weighted by Gasteiger charge is -2.45. The molecule has 1 saturated heterocycles. The van der Waals surface area contributed by atoms with Gasteiger partial charge in [0.1, 0.15) is 0 Å². The summed E-state index contributed by atoms with van der Waals surface area (Å²) in [6.45, 7) is 7.75. The van der Waals surface area contributed by atoms with Crippen LogP contribution < -0.4 is 5.73 Å². The maximum Gasteiger partial charge on any atom is 0.0343 e. The second-order valence-electron chi connectivity index (χ2n) is 6.72. The van der Waals surface area contributed by atoms with Crippen molar-refractivity contribution in [3.63, 3.8) is 0 Å². The van der Waals surface area contributed by atoms with Gasteiger partial charge in [-0.05, 0) is 62.9 Å². The van der Waals surface area contributed by atoms with Crippen LogP contribution in [0.4, 0.5) is 0 Å². The van der Waals surface area contributed by atoms with E-state index in [0.717, 1.165) is 23.4 Å². The Bertz CT molecular complexity index is 423. The zero-order valence-electron chi connectivity index (χ0n) is 13.4. The highest BCUT2D eigenvalue weighted by Gasteiger charge is 2.33. The summed E-state index contributed by atoms with van der Waals surface area (Å²) in [6, 6.07) is 8.67. The number of likely N-dealkylation sites (tertiary alicyclic amines) is 1. The number of nitrogens with zero attached hydrogens (tertiary/aromatic N) is 1. The number of hydrogen-bond acceptors (Lipinski definition) is 2. The molecule has 1 aliphatic heterocycles. The summed E-state index contributed by atoms with van der Waals surface area (Å²) in [6.07, 6.45) is 6.42. The monoisotopic (exact) mass is 352 g/mol. The maximum absolute atomic E-state index is 6.16. The second kappa shape index (κ2) is 7.75. The van der Waals surface area contributed by atoms with Gasteiger partial charge in [-0.1, -0.05) is 47.8 Å². The molecule has 2 N–H and O–H groups in total. The molecule has 1 unspecified atom stereocenters. The molecule has 21 heavy (non-hydrogen) atoms. The van der Waals surface area contributed by atoms with E-state index in [-0.39, 0.29) is 5.54 Å². The van der Waals surface area contributed by atoms with Gasteiger partial charge in [-0.3, -0.25) is 4.90 Å². The first-order valence-electron chi connectivity index (χ1n) is 8.27. The highest BCUT2D eigenvalue weighted by Crippen LogP contribution is 2.29. The summed E-state index contributed by atoms with van der Waals surface area (Å²) < 4.78 is 1.14. The third-order valence-electron chi connectivity index (χ3n) is 5.01. The van der Waals surface area contributed by atoms with Crippen LogP contribution in [-0.2, 0) is 6.42 Å². The van der Waals surface area contributed by atoms with Crippen molar-refractivity contribution < 1.29 is 0 Å². The minimum Gasteiger partial charge on any atom is -0.329 e. The van der Waals surface area contributed by atoms with Crippen LogP contribution in [-0.4, -0.2) is 30.1 Å².